The maximum atomic E-state index is 9.90. The molecule has 0 spiro atoms. The summed E-state index contributed by atoms with van der Waals surface area (Å²) < 4.78 is 10.3. The molecule has 0 fully saturated rings. The fraction of sp³-hybridized carbons (Fsp3) is 0.538. The maximum absolute atomic E-state index is 9.90. The topological polar surface area (TPSA) is 58.9 Å². The third kappa shape index (κ3) is 4.09. The zero-order chi connectivity index (χ0) is 12.7. The van der Waals surface area contributed by atoms with Crippen LogP contribution in [0, 0.1) is 0 Å². The quantitative estimate of drug-likeness (QED) is 0.709. The monoisotopic (exact) mass is 240 g/mol. The highest BCUT2D eigenvalue weighted by molar-refractivity contribution is 5.20. The van der Waals surface area contributed by atoms with Gasteiger partial charge in [0, 0.05) is 13.2 Å². The van der Waals surface area contributed by atoms with Crippen LogP contribution in [0.5, 0.6) is 0 Å². The Morgan fingerprint density at radius 2 is 1.41 bits per heavy atom. The standard InChI is InChI=1S/C13H20O4/c1-3-16-12(14)11(13(15)17-4-2)10-8-6-5-7-9-10/h5-9,11-15H,3-4H2,1-2H3. The smallest absolute Gasteiger partial charge is 0.166 e. The maximum Gasteiger partial charge on any atom is 0.166 e. The molecule has 0 heterocycles. The van der Waals surface area contributed by atoms with Gasteiger partial charge in [0.2, 0.25) is 0 Å². The molecule has 0 aliphatic heterocycles. The number of aliphatic hydroxyl groups excluding tert-OH is 2. The molecule has 0 aliphatic carbocycles. The van der Waals surface area contributed by atoms with Crippen LogP contribution >= 0.6 is 0 Å². The van der Waals surface area contributed by atoms with Gasteiger partial charge in [0.05, 0.1) is 5.92 Å². The molecule has 2 unspecified atom stereocenters. The lowest BCUT2D eigenvalue weighted by Gasteiger charge is -2.27. The molecular weight excluding hydrogens is 220 g/mol. The summed E-state index contributed by atoms with van der Waals surface area (Å²) in [6.45, 7) is 4.34. The van der Waals surface area contributed by atoms with E-state index in [-0.39, 0.29) is 0 Å². The van der Waals surface area contributed by atoms with Crippen LogP contribution in [0.2, 0.25) is 0 Å². The zero-order valence-corrected chi connectivity index (χ0v) is 10.2. The molecule has 0 amide bonds. The lowest BCUT2D eigenvalue weighted by atomic mass is 9.98. The highest BCUT2D eigenvalue weighted by Crippen LogP contribution is 2.25. The van der Waals surface area contributed by atoms with Gasteiger partial charge >= 0.3 is 0 Å². The number of benzene rings is 1. The van der Waals surface area contributed by atoms with Crippen LogP contribution in [-0.2, 0) is 9.47 Å². The van der Waals surface area contributed by atoms with Crippen molar-refractivity contribution in [3.63, 3.8) is 0 Å². The van der Waals surface area contributed by atoms with Crippen LogP contribution in [0.15, 0.2) is 30.3 Å². The van der Waals surface area contributed by atoms with Gasteiger partial charge < -0.3 is 19.7 Å². The first-order valence-corrected chi connectivity index (χ1v) is 5.85. The molecule has 17 heavy (non-hydrogen) atoms. The van der Waals surface area contributed by atoms with Crippen molar-refractivity contribution in [3.8, 4) is 0 Å². The molecule has 0 aliphatic rings. The van der Waals surface area contributed by atoms with Crippen LogP contribution in [0.25, 0.3) is 0 Å². The molecular formula is C13H20O4. The highest BCUT2D eigenvalue weighted by atomic mass is 16.6. The third-order valence-electron chi connectivity index (χ3n) is 2.47. The van der Waals surface area contributed by atoms with Crippen LogP contribution < -0.4 is 0 Å². The summed E-state index contributed by atoms with van der Waals surface area (Å²) >= 11 is 0. The van der Waals surface area contributed by atoms with E-state index in [1.165, 1.54) is 0 Å². The Morgan fingerprint density at radius 3 is 1.82 bits per heavy atom. The fourth-order valence-electron chi connectivity index (χ4n) is 1.69. The summed E-state index contributed by atoms with van der Waals surface area (Å²) in [6, 6.07) is 9.23. The molecule has 2 N–H and O–H groups in total. The van der Waals surface area contributed by atoms with E-state index in [1.807, 2.05) is 30.3 Å². The van der Waals surface area contributed by atoms with Crippen molar-refractivity contribution in [2.75, 3.05) is 13.2 Å². The minimum absolute atomic E-state index is 0.378. The second kappa shape index (κ2) is 7.40. The van der Waals surface area contributed by atoms with E-state index in [1.54, 1.807) is 13.8 Å². The van der Waals surface area contributed by atoms with Gasteiger partial charge in [-0.25, -0.2) is 0 Å². The Kier molecular flexibility index (Phi) is 6.15. The molecule has 0 radical (unpaired) electrons. The Balaban J connectivity index is 2.86. The second-order valence-corrected chi connectivity index (χ2v) is 3.63. The third-order valence-corrected chi connectivity index (χ3v) is 2.47. The van der Waals surface area contributed by atoms with Gasteiger partial charge in [-0.05, 0) is 19.4 Å². The fourth-order valence-corrected chi connectivity index (χ4v) is 1.69. The van der Waals surface area contributed by atoms with E-state index in [0.717, 1.165) is 5.56 Å². The van der Waals surface area contributed by atoms with Gasteiger partial charge in [-0.1, -0.05) is 30.3 Å². The number of hydrogen-bond acceptors (Lipinski definition) is 4. The lowest BCUT2D eigenvalue weighted by molar-refractivity contribution is -0.189. The SMILES string of the molecule is CCOC(O)C(c1ccccc1)C(O)OCC. The van der Waals surface area contributed by atoms with Crippen LogP contribution in [0.1, 0.15) is 25.3 Å². The predicted octanol–water partition coefficient (Wildman–Crippen LogP) is 1.48. The Bertz CT molecular complexity index is 290. The number of ether oxygens (including phenoxy) is 2. The van der Waals surface area contributed by atoms with E-state index >= 15 is 0 Å². The molecule has 1 rings (SSSR count). The van der Waals surface area contributed by atoms with Gasteiger partial charge in [0.25, 0.3) is 0 Å². The van der Waals surface area contributed by atoms with Crippen LogP contribution in [0.3, 0.4) is 0 Å². The van der Waals surface area contributed by atoms with Crippen molar-refractivity contribution in [1.82, 2.24) is 0 Å². The second-order valence-electron chi connectivity index (χ2n) is 3.63. The number of rotatable bonds is 7. The largest absolute Gasteiger partial charge is 0.367 e. The average molecular weight is 240 g/mol. The van der Waals surface area contributed by atoms with Crippen LogP contribution in [-0.4, -0.2) is 36.0 Å². The Morgan fingerprint density at radius 1 is 0.941 bits per heavy atom. The van der Waals surface area contributed by atoms with E-state index < -0.39 is 18.5 Å². The van der Waals surface area contributed by atoms with E-state index in [4.69, 9.17) is 9.47 Å². The summed E-state index contributed by atoms with van der Waals surface area (Å²) in [4.78, 5) is 0. The van der Waals surface area contributed by atoms with Crippen molar-refractivity contribution in [2.24, 2.45) is 0 Å². The van der Waals surface area contributed by atoms with Crippen molar-refractivity contribution >= 4 is 0 Å². The van der Waals surface area contributed by atoms with Crippen molar-refractivity contribution in [2.45, 2.75) is 32.3 Å². The molecule has 1 aromatic rings. The first-order valence-electron chi connectivity index (χ1n) is 5.85. The lowest BCUT2D eigenvalue weighted by Crippen LogP contribution is -2.33. The van der Waals surface area contributed by atoms with Gasteiger partial charge in [-0.2, -0.15) is 0 Å². The number of aliphatic hydroxyl groups is 2. The molecule has 0 saturated heterocycles. The summed E-state index contributed by atoms with van der Waals surface area (Å²) in [6.07, 6.45) is -2.16. The highest BCUT2D eigenvalue weighted by Gasteiger charge is 2.29. The predicted molar refractivity (Wildman–Crippen MR) is 64.4 cm³/mol. The van der Waals surface area contributed by atoms with Gasteiger partial charge in [-0.3, -0.25) is 0 Å². The molecule has 96 valence electrons. The molecule has 0 aromatic heterocycles. The first kappa shape index (κ1) is 14.1. The molecule has 4 heteroatoms. The molecule has 2 atom stereocenters. The van der Waals surface area contributed by atoms with E-state index in [2.05, 4.69) is 0 Å². The van der Waals surface area contributed by atoms with Gasteiger partial charge in [0.15, 0.2) is 12.6 Å². The van der Waals surface area contributed by atoms with Gasteiger partial charge in [0.1, 0.15) is 0 Å². The average Bonchev–Trinajstić information content (AvgIpc) is 2.31. The first-order chi connectivity index (χ1) is 8.20. The van der Waals surface area contributed by atoms with Crippen molar-refractivity contribution in [1.29, 1.82) is 0 Å². The molecule has 0 bridgehead atoms. The summed E-state index contributed by atoms with van der Waals surface area (Å²) in [5.41, 5.74) is 0.786. The van der Waals surface area contributed by atoms with Crippen molar-refractivity contribution < 1.29 is 19.7 Å². The minimum Gasteiger partial charge on any atom is -0.367 e. The summed E-state index contributed by atoms with van der Waals surface area (Å²) in [5, 5.41) is 19.8. The van der Waals surface area contributed by atoms with Crippen LogP contribution in [0.4, 0.5) is 0 Å². The normalized spacial score (nSPS) is 16.5. The summed E-state index contributed by atoms with van der Waals surface area (Å²) in [7, 11) is 0. The Hall–Kier alpha value is -0.940. The van der Waals surface area contributed by atoms with Gasteiger partial charge in [-0.15, -0.1) is 0 Å². The zero-order valence-electron chi connectivity index (χ0n) is 10.2. The van der Waals surface area contributed by atoms with Crippen molar-refractivity contribution in [3.05, 3.63) is 35.9 Å². The molecule has 1 aromatic carbocycles. The Labute approximate surface area is 102 Å². The minimum atomic E-state index is -1.08. The summed E-state index contributed by atoms with van der Waals surface area (Å²) in [5.74, 6) is -0.601. The number of hydrogen-bond donors (Lipinski definition) is 2. The molecule has 0 saturated carbocycles. The molecule has 4 nitrogen and oxygen atoms in total. The van der Waals surface area contributed by atoms with E-state index in [9.17, 15) is 10.2 Å². The van der Waals surface area contributed by atoms with E-state index in [0.29, 0.717) is 13.2 Å².